The number of halogens is 1. The second-order valence-electron chi connectivity index (χ2n) is 6.59. The second kappa shape index (κ2) is 14.7. The van der Waals surface area contributed by atoms with Gasteiger partial charge in [-0.25, -0.2) is 9.59 Å². The normalized spacial score (nSPS) is 10.8. The van der Waals surface area contributed by atoms with Gasteiger partial charge in [0.2, 0.25) is 5.91 Å². The Morgan fingerprint density at radius 2 is 1.72 bits per heavy atom. The van der Waals surface area contributed by atoms with E-state index in [9.17, 15) is 14.4 Å². The first-order valence-corrected chi connectivity index (χ1v) is 9.79. The van der Waals surface area contributed by atoms with Crippen molar-refractivity contribution in [2.75, 3.05) is 25.6 Å². The van der Waals surface area contributed by atoms with Crippen molar-refractivity contribution < 1.29 is 28.6 Å². The van der Waals surface area contributed by atoms with Crippen LogP contribution in [-0.2, 0) is 25.7 Å². The zero-order chi connectivity index (χ0) is 22.5. The summed E-state index contributed by atoms with van der Waals surface area (Å²) in [4.78, 5) is 35.3. The molecule has 0 unspecified atom stereocenters. The average Bonchev–Trinajstić information content (AvgIpc) is 2.80. The molecule has 4 N–H and O–H groups in total. The van der Waals surface area contributed by atoms with Crippen LogP contribution in [0.25, 0.3) is 0 Å². The van der Waals surface area contributed by atoms with Crippen LogP contribution in [0.3, 0.4) is 0 Å². The third kappa shape index (κ3) is 9.67. The molecule has 2 amide bonds. The van der Waals surface area contributed by atoms with Gasteiger partial charge in [-0.2, -0.15) is 0 Å². The van der Waals surface area contributed by atoms with Gasteiger partial charge in [0.15, 0.2) is 6.61 Å². The first kappa shape index (κ1) is 26.7. The van der Waals surface area contributed by atoms with Crippen LogP contribution < -0.4 is 21.1 Å². The quantitative estimate of drug-likeness (QED) is 0.343. The van der Waals surface area contributed by atoms with Crippen molar-refractivity contribution >= 4 is 36.1 Å². The molecular weight excluding hydrogens is 438 g/mol. The Morgan fingerprint density at radius 3 is 2.44 bits per heavy atom. The predicted molar refractivity (Wildman–Crippen MR) is 122 cm³/mol. The number of anilines is 1. The third-order valence-corrected chi connectivity index (χ3v) is 4.23. The van der Waals surface area contributed by atoms with Crippen molar-refractivity contribution in [3.05, 3.63) is 60.2 Å². The van der Waals surface area contributed by atoms with E-state index in [1.165, 1.54) is 7.11 Å². The number of esters is 1. The fourth-order valence-electron chi connectivity index (χ4n) is 2.53. The number of ether oxygens (including phenoxy) is 3. The zero-order valence-corrected chi connectivity index (χ0v) is 18.6. The fourth-order valence-corrected chi connectivity index (χ4v) is 2.53. The number of alkyl carbamates (subject to hydrolysis) is 1. The molecule has 0 aliphatic carbocycles. The highest BCUT2D eigenvalue weighted by Crippen LogP contribution is 2.24. The average molecular weight is 466 g/mol. The highest BCUT2D eigenvalue weighted by atomic mass is 35.5. The topological polar surface area (TPSA) is 129 Å². The minimum Gasteiger partial charge on any atom is -0.480 e. The van der Waals surface area contributed by atoms with Crippen molar-refractivity contribution in [2.24, 2.45) is 5.73 Å². The number of carbonyl (C=O) groups is 3. The summed E-state index contributed by atoms with van der Waals surface area (Å²) in [6.07, 6.45) is 0.324. The lowest BCUT2D eigenvalue weighted by Crippen LogP contribution is -2.36. The number of nitrogens with two attached hydrogens (primary N) is 1. The van der Waals surface area contributed by atoms with Crippen LogP contribution >= 0.6 is 12.4 Å². The fraction of sp³-hybridized carbons (Fsp3) is 0.318. The van der Waals surface area contributed by atoms with E-state index >= 15 is 0 Å². The highest BCUT2D eigenvalue weighted by molar-refractivity contribution is 5.96. The first-order chi connectivity index (χ1) is 15.0. The Hall–Kier alpha value is -3.30. The summed E-state index contributed by atoms with van der Waals surface area (Å²) in [5.74, 6) is -0.607. The number of rotatable bonds is 11. The number of nitrogens with one attached hydrogen (secondary N) is 2. The molecule has 0 heterocycles. The van der Waals surface area contributed by atoms with Crippen LogP contribution in [0.15, 0.2) is 54.6 Å². The van der Waals surface area contributed by atoms with Gasteiger partial charge in [0.05, 0.1) is 18.8 Å². The van der Waals surface area contributed by atoms with E-state index in [0.29, 0.717) is 30.8 Å². The summed E-state index contributed by atoms with van der Waals surface area (Å²) in [6.45, 7) is 0.237. The number of para-hydroxylation sites is 2. The van der Waals surface area contributed by atoms with Crippen LogP contribution in [0.5, 0.6) is 5.75 Å². The molecule has 0 aliphatic heterocycles. The number of carbonyl (C=O) groups excluding carboxylic acids is 3. The highest BCUT2D eigenvalue weighted by Gasteiger charge is 2.16. The van der Waals surface area contributed by atoms with Crippen LogP contribution in [0.4, 0.5) is 10.5 Å². The van der Waals surface area contributed by atoms with Crippen molar-refractivity contribution in [1.29, 1.82) is 0 Å². The van der Waals surface area contributed by atoms with Gasteiger partial charge in [-0.15, -0.1) is 12.4 Å². The van der Waals surface area contributed by atoms with Gasteiger partial charge in [0.1, 0.15) is 12.4 Å². The number of hydrogen-bond donors (Lipinski definition) is 3. The molecule has 0 bridgehead atoms. The van der Waals surface area contributed by atoms with Gasteiger partial charge < -0.3 is 30.6 Å². The summed E-state index contributed by atoms with van der Waals surface area (Å²) < 4.78 is 15.0. The summed E-state index contributed by atoms with van der Waals surface area (Å²) in [6, 6.07) is 15.3. The minimum absolute atomic E-state index is 0. The Morgan fingerprint density at radius 1 is 1.03 bits per heavy atom. The van der Waals surface area contributed by atoms with Gasteiger partial charge in [-0.05, 0) is 30.5 Å². The number of amides is 2. The Kier molecular flexibility index (Phi) is 12.2. The molecule has 174 valence electrons. The largest absolute Gasteiger partial charge is 0.480 e. The molecule has 32 heavy (non-hydrogen) atoms. The molecule has 0 saturated carbocycles. The summed E-state index contributed by atoms with van der Waals surface area (Å²) in [7, 11) is 1.26. The van der Waals surface area contributed by atoms with Crippen LogP contribution in [0.1, 0.15) is 18.4 Å². The van der Waals surface area contributed by atoms with E-state index in [1.54, 1.807) is 24.3 Å². The van der Waals surface area contributed by atoms with E-state index in [0.717, 1.165) is 5.56 Å². The molecule has 0 fully saturated rings. The molecule has 1 atom stereocenters. The molecule has 0 saturated heterocycles. The number of hydrogen-bond acceptors (Lipinski definition) is 7. The van der Waals surface area contributed by atoms with E-state index in [1.807, 2.05) is 30.3 Å². The molecule has 2 rings (SSSR count). The summed E-state index contributed by atoms with van der Waals surface area (Å²) >= 11 is 0. The van der Waals surface area contributed by atoms with Crippen molar-refractivity contribution in [3.63, 3.8) is 0 Å². The van der Waals surface area contributed by atoms with Crippen LogP contribution in [0.2, 0.25) is 0 Å². The Labute approximate surface area is 193 Å². The SMILES string of the molecule is COC(=O)COc1ccccc1NC(=O)[C@@H](N)CCCNC(=O)OCc1ccccc1.Cl. The predicted octanol–water partition coefficient (Wildman–Crippen LogP) is 2.63. The summed E-state index contributed by atoms with van der Waals surface area (Å²) in [5, 5.41) is 5.31. The van der Waals surface area contributed by atoms with Crippen molar-refractivity contribution in [2.45, 2.75) is 25.5 Å². The molecule has 0 radical (unpaired) electrons. The Bertz CT molecular complexity index is 866. The minimum atomic E-state index is -0.782. The standard InChI is InChI=1S/C22H27N3O6.ClH/c1-29-20(26)15-30-19-12-6-5-11-18(19)25-21(27)17(23)10-7-13-24-22(28)31-14-16-8-3-2-4-9-16;/h2-6,8-9,11-12,17H,7,10,13-15,23H2,1H3,(H,24,28)(H,25,27);1H/t17-;/m0./s1. The lowest BCUT2D eigenvalue weighted by atomic mass is 10.1. The van der Waals surface area contributed by atoms with Gasteiger partial charge in [-0.1, -0.05) is 42.5 Å². The van der Waals surface area contributed by atoms with Gasteiger partial charge >= 0.3 is 12.1 Å². The molecule has 0 aliphatic rings. The maximum atomic E-state index is 12.4. The van der Waals surface area contributed by atoms with Crippen LogP contribution in [0, 0.1) is 0 Å². The van der Waals surface area contributed by atoms with Gasteiger partial charge in [0, 0.05) is 6.54 Å². The van der Waals surface area contributed by atoms with E-state index in [2.05, 4.69) is 15.4 Å². The second-order valence-corrected chi connectivity index (χ2v) is 6.59. The van der Waals surface area contributed by atoms with Gasteiger partial charge in [0.25, 0.3) is 0 Å². The third-order valence-electron chi connectivity index (χ3n) is 4.23. The van der Waals surface area contributed by atoms with Crippen molar-refractivity contribution in [1.82, 2.24) is 5.32 Å². The number of methoxy groups -OCH3 is 1. The van der Waals surface area contributed by atoms with Crippen molar-refractivity contribution in [3.8, 4) is 5.75 Å². The smallest absolute Gasteiger partial charge is 0.407 e. The lowest BCUT2D eigenvalue weighted by molar-refractivity contribution is -0.142. The Balaban J connectivity index is 0.00000512. The molecular formula is C22H28ClN3O6. The molecule has 0 aromatic heterocycles. The zero-order valence-electron chi connectivity index (χ0n) is 17.7. The molecule has 9 nitrogen and oxygen atoms in total. The maximum Gasteiger partial charge on any atom is 0.407 e. The molecule has 2 aromatic carbocycles. The van der Waals surface area contributed by atoms with E-state index in [4.69, 9.17) is 15.2 Å². The first-order valence-electron chi connectivity index (χ1n) is 9.79. The number of benzene rings is 2. The maximum absolute atomic E-state index is 12.4. The molecule has 0 spiro atoms. The lowest BCUT2D eigenvalue weighted by Gasteiger charge is -2.15. The molecule has 2 aromatic rings. The van der Waals surface area contributed by atoms with Gasteiger partial charge in [-0.3, -0.25) is 4.79 Å². The van der Waals surface area contributed by atoms with Crippen LogP contribution in [-0.4, -0.2) is 44.3 Å². The monoisotopic (exact) mass is 465 g/mol. The summed E-state index contributed by atoms with van der Waals surface area (Å²) in [5.41, 5.74) is 7.23. The van der Waals surface area contributed by atoms with E-state index in [-0.39, 0.29) is 25.6 Å². The van der Waals surface area contributed by atoms with E-state index < -0.39 is 24.0 Å². The molecule has 10 heteroatoms.